The number of ether oxygens (including phenoxy) is 1. The number of para-hydroxylation sites is 2. The highest BCUT2D eigenvalue weighted by Crippen LogP contribution is 2.47. The SMILES string of the molecule is C[C@@]1(N2CCOc3c2cccc3[C@H]2CC[C@@H](N3CCC(n4cc(-c5cc(-c6cccc(F)c6O)nnc5N)cn4)CC3)CC2)CCC(=O)NC1=O. The van der Waals surface area contributed by atoms with Crippen molar-refractivity contribution in [1.29, 1.82) is 0 Å². The van der Waals surface area contributed by atoms with Gasteiger partial charge in [-0.05, 0) is 87.6 Å². The number of hydrogen-bond donors (Lipinski definition) is 3. The van der Waals surface area contributed by atoms with Crippen LogP contribution in [0.4, 0.5) is 15.9 Å². The first-order valence-electron chi connectivity index (χ1n) is 18.0. The summed E-state index contributed by atoms with van der Waals surface area (Å²) in [5.74, 6) is -0.109. The van der Waals surface area contributed by atoms with E-state index < -0.39 is 17.1 Å². The molecule has 4 aliphatic rings. The Kier molecular flexibility index (Phi) is 8.61. The van der Waals surface area contributed by atoms with Gasteiger partial charge in [0.2, 0.25) is 5.91 Å². The van der Waals surface area contributed by atoms with Gasteiger partial charge in [-0.3, -0.25) is 19.6 Å². The zero-order valence-corrected chi connectivity index (χ0v) is 28.7. The number of aromatic hydroxyl groups is 1. The number of nitrogen functional groups attached to an aromatic ring is 1. The third-order valence-electron chi connectivity index (χ3n) is 11.6. The number of halogens is 1. The largest absolute Gasteiger partial charge is 0.504 e. The standard InChI is InChI=1S/C38H43FN8O4/c1-38(15-12-33(48)42-37(38)50)46-18-19-51-35-27(4-3-7-32(35)46)23-8-10-25(11-9-23)45-16-13-26(14-17-45)47-22-24(21-41-47)29-20-31(43-44-36(29)40)28-5-2-6-30(39)34(28)49/h2-7,20-23,25-26,49H,8-19H2,1H3,(H2,40,44)(H,42,48,50)/t23-,25+,38-/m1/s1. The van der Waals surface area contributed by atoms with E-state index in [1.165, 1.54) is 17.7 Å². The monoisotopic (exact) mass is 694 g/mol. The Morgan fingerprint density at radius 1 is 0.980 bits per heavy atom. The highest BCUT2D eigenvalue weighted by molar-refractivity contribution is 6.04. The Balaban J connectivity index is 0.893. The number of amides is 2. The second-order valence-corrected chi connectivity index (χ2v) is 14.5. The first-order valence-corrected chi connectivity index (χ1v) is 18.0. The molecule has 1 aliphatic carbocycles. The molecule has 1 atom stereocenters. The summed E-state index contributed by atoms with van der Waals surface area (Å²) < 4.78 is 22.3. The molecule has 2 aromatic heterocycles. The number of nitrogens with two attached hydrogens (primary N) is 1. The number of piperidine rings is 2. The highest BCUT2D eigenvalue weighted by Gasteiger charge is 2.46. The summed E-state index contributed by atoms with van der Waals surface area (Å²) in [5.41, 5.74) is 9.60. The number of carbonyl (C=O) groups excluding carboxylic acids is 2. The van der Waals surface area contributed by atoms with Gasteiger partial charge in [-0.15, -0.1) is 10.2 Å². The second kappa shape index (κ2) is 13.3. The minimum Gasteiger partial charge on any atom is -0.504 e. The van der Waals surface area contributed by atoms with Gasteiger partial charge in [-0.25, -0.2) is 4.39 Å². The Hall–Kier alpha value is -5.04. The van der Waals surface area contributed by atoms with Crippen LogP contribution in [0.5, 0.6) is 11.5 Å². The van der Waals surface area contributed by atoms with Crippen LogP contribution >= 0.6 is 0 Å². The fraction of sp³-hybridized carbons (Fsp3) is 0.447. The van der Waals surface area contributed by atoms with Crippen molar-refractivity contribution in [3.05, 3.63) is 66.2 Å². The van der Waals surface area contributed by atoms with E-state index in [9.17, 15) is 19.1 Å². The smallest absolute Gasteiger partial charge is 0.252 e. The van der Waals surface area contributed by atoms with Gasteiger partial charge in [0, 0.05) is 48.4 Å². The first-order chi connectivity index (χ1) is 24.7. The zero-order chi connectivity index (χ0) is 35.3. The van der Waals surface area contributed by atoms with E-state index in [-0.39, 0.29) is 29.2 Å². The van der Waals surface area contributed by atoms with Gasteiger partial charge < -0.3 is 25.4 Å². The molecular formula is C38H43FN8O4. The lowest BCUT2D eigenvalue weighted by Gasteiger charge is -2.46. The molecule has 51 heavy (non-hydrogen) atoms. The molecule has 0 spiro atoms. The predicted octanol–water partition coefficient (Wildman–Crippen LogP) is 5.19. The van der Waals surface area contributed by atoms with Crippen LogP contribution in [0.15, 0.2) is 54.9 Å². The molecule has 0 bridgehead atoms. The van der Waals surface area contributed by atoms with Crippen molar-refractivity contribution >= 4 is 23.3 Å². The summed E-state index contributed by atoms with van der Waals surface area (Å²) in [5, 5.41) is 25.6. The lowest BCUT2D eigenvalue weighted by atomic mass is 9.79. The van der Waals surface area contributed by atoms with Gasteiger partial charge >= 0.3 is 0 Å². The van der Waals surface area contributed by atoms with Crippen molar-refractivity contribution in [3.63, 3.8) is 0 Å². The fourth-order valence-electron chi connectivity index (χ4n) is 8.59. The molecule has 2 saturated heterocycles. The molecule has 4 N–H and O–H groups in total. The van der Waals surface area contributed by atoms with Crippen LogP contribution in [0.25, 0.3) is 22.4 Å². The molecule has 4 aromatic rings. The average molecular weight is 695 g/mol. The Labute approximate surface area is 295 Å². The molecule has 0 radical (unpaired) electrons. The topological polar surface area (TPSA) is 152 Å². The Bertz CT molecular complexity index is 1970. The Morgan fingerprint density at radius 3 is 2.55 bits per heavy atom. The van der Waals surface area contributed by atoms with Crippen LogP contribution in [0.3, 0.4) is 0 Å². The molecule has 5 heterocycles. The normalized spacial score (nSPS) is 24.5. The first kappa shape index (κ1) is 33.1. The second-order valence-electron chi connectivity index (χ2n) is 14.5. The molecule has 0 unspecified atom stereocenters. The van der Waals surface area contributed by atoms with Crippen LogP contribution in [-0.4, -0.2) is 79.6 Å². The van der Waals surface area contributed by atoms with E-state index in [0.29, 0.717) is 49.2 Å². The number of benzene rings is 2. The van der Waals surface area contributed by atoms with Crippen molar-refractivity contribution in [2.45, 2.75) is 81.8 Å². The number of fused-ring (bicyclic) bond motifs is 1. The van der Waals surface area contributed by atoms with E-state index in [1.54, 1.807) is 18.3 Å². The van der Waals surface area contributed by atoms with Crippen molar-refractivity contribution in [1.82, 2.24) is 30.2 Å². The summed E-state index contributed by atoms with van der Waals surface area (Å²) >= 11 is 0. The number of phenols is 1. The molecule has 2 amide bonds. The molecule has 13 heteroatoms. The molecule has 266 valence electrons. The number of likely N-dealkylation sites (tertiary alicyclic amines) is 1. The zero-order valence-electron chi connectivity index (χ0n) is 28.7. The fourth-order valence-corrected chi connectivity index (χ4v) is 8.59. The number of imide groups is 1. The van der Waals surface area contributed by atoms with E-state index in [2.05, 4.69) is 42.5 Å². The van der Waals surface area contributed by atoms with Crippen molar-refractivity contribution < 1.29 is 23.8 Å². The third-order valence-corrected chi connectivity index (χ3v) is 11.6. The maximum atomic E-state index is 14.0. The van der Waals surface area contributed by atoms with Crippen LogP contribution in [0.1, 0.15) is 75.8 Å². The van der Waals surface area contributed by atoms with Gasteiger partial charge in [-0.2, -0.15) is 5.10 Å². The quantitative estimate of drug-likeness (QED) is 0.230. The maximum absolute atomic E-state index is 14.0. The van der Waals surface area contributed by atoms with Crippen molar-refractivity contribution in [2.75, 3.05) is 36.9 Å². The summed E-state index contributed by atoms with van der Waals surface area (Å²) in [6.07, 6.45) is 11.0. The number of carbonyl (C=O) groups is 2. The summed E-state index contributed by atoms with van der Waals surface area (Å²) in [6.45, 7) is 5.05. The summed E-state index contributed by atoms with van der Waals surface area (Å²) in [7, 11) is 0. The van der Waals surface area contributed by atoms with E-state index >= 15 is 0 Å². The van der Waals surface area contributed by atoms with Crippen LogP contribution in [0, 0.1) is 5.82 Å². The number of nitrogens with zero attached hydrogens (tertiary/aromatic N) is 6. The molecule has 12 nitrogen and oxygen atoms in total. The predicted molar refractivity (Wildman–Crippen MR) is 190 cm³/mol. The van der Waals surface area contributed by atoms with Crippen molar-refractivity contribution in [2.24, 2.45) is 0 Å². The Morgan fingerprint density at radius 2 is 1.76 bits per heavy atom. The number of hydrogen-bond acceptors (Lipinski definition) is 10. The number of phenolic OH excluding ortho intramolecular Hbond substituents is 1. The number of aromatic nitrogens is 4. The van der Waals surface area contributed by atoms with Crippen LogP contribution < -0.4 is 20.7 Å². The van der Waals surface area contributed by atoms with Gasteiger partial charge in [0.1, 0.15) is 17.9 Å². The third kappa shape index (κ3) is 6.07. The van der Waals surface area contributed by atoms with Crippen molar-refractivity contribution in [3.8, 4) is 33.9 Å². The minimum atomic E-state index is -0.783. The lowest BCUT2D eigenvalue weighted by molar-refractivity contribution is -0.137. The van der Waals surface area contributed by atoms with E-state index in [0.717, 1.165) is 68.6 Å². The minimum absolute atomic E-state index is 0.206. The molecule has 3 aliphatic heterocycles. The van der Waals surface area contributed by atoms with Gasteiger partial charge in [-0.1, -0.05) is 18.2 Å². The average Bonchev–Trinajstić information content (AvgIpc) is 3.65. The molecular weight excluding hydrogens is 651 g/mol. The van der Waals surface area contributed by atoms with Gasteiger partial charge in [0.25, 0.3) is 5.91 Å². The van der Waals surface area contributed by atoms with Gasteiger partial charge in [0.05, 0.1) is 30.2 Å². The highest BCUT2D eigenvalue weighted by atomic mass is 19.1. The maximum Gasteiger partial charge on any atom is 0.252 e. The van der Waals surface area contributed by atoms with Crippen LogP contribution in [-0.2, 0) is 9.59 Å². The summed E-state index contributed by atoms with van der Waals surface area (Å²) in [6, 6.07) is 13.1. The molecule has 8 rings (SSSR count). The number of anilines is 2. The molecule has 1 saturated carbocycles. The van der Waals surface area contributed by atoms with Crippen LogP contribution in [0.2, 0.25) is 0 Å². The molecule has 2 aromatic carbocycles. The van der Waals surface area contributed by atoms with Gasteiger partial charge in [0.15, 0.2) is 17.4 Å². The van der Waals surface area contributed by atoms with E-state index in [4.69, 9.17) is 10.5 Å². The lowest BCUT2D eigenvalue weighted by Crippen LogP contribution is -2.63. The number of rotatable bonds is 6. The number of nitrogens with one attached hydrogen (secondary N) is 1. The molecule has 3 fully saturated rings. The van der Waals surface area contributed by atoms with E-state index in [1.807, 2.05) is 23.9 Å². The summed E-state index contributed by atoms with van der Waals surface area (Å²) in [4.78, 5) is 29.7.